The zero-order valence-corrected chi connectivity index (χ0v) is 18.6. The highest BCUT2D eigenvalue weighted by atomic mass is 32.1. The molecule has 2 aliphatic rings. The molecule has 0 unspecified atom stereocenters. The molecule has 3 amide bonds. The predicted octanol–water partition coefficient (Wildman–Crippen LogP) is 3.10. The van der Waals surface area contributed by atoms with Crippen molar-refractivity contribution in [3.8, 4) is 10.6 Å². The van der Waals surface area contributed by atoms with Gasteiger partial charge in [-0.05, 0) is 68.3 Å². The summed E-state index contributed by atoms with van der Waals surface area (Å²) in [5, 5.41) is 0.903. The summed E-state index contributed by atoms with van der Waals surface area (Å²) in [4.78, 5) is 45.4. The van der Waals surface area contributed by atoms with E-state index < -0.39 is 6.04 Å². The molecule has 2 N–H and O–H groups in total. The minimum Gasteiger partial charge on any atom is -0.369 e. The molecule has 32 heavy (non-hydrogen) atoms. The van der Waals surface area contributed by atoms with Crippen LogP contribution in [0.5, 0.6) is 0 Å². The third-order valence-corrected chi connectivity index (χ3v) is 7.40. The van der Waals surface area contributed by atoms with Crippen molar-refractivity contribution in [3.05, 3.63) is 48.0 Å². The second-order valence-electron chi connectivity index (χ2n) is 8.56. The van der Waals surface area contributed by atoms with Crippen LogP contribution in [-0.4, -0.2) is 46.7 Å². The van der Waals surface area contributed by atoms with Gasteiger partial charge in [0.25, 0.3) is 5.91 Å². The Balaban J connectivity index is 1.36. The number of nitrogens with two attached hydrogens (primary N) is 1. The number of primary amides is 1. The molecular weight excluding hydrogens is 424 g/mol. The zero-order valence-electron chi connectivity index (χ0n) is 17.8. The van der Waals surface area contributed by atoms with E-state index in [0.29, 0.717) is 18.8 Å². The summed E-state index contributed by atoms with van der Waals surface area (Å²) in [6.07, 6.45) is 1.66. The van der Waals surface area contributed by atoms with E-state index in [2.05, 4.69) is 13.0 Å². The summed E-state index contributed by atoms with van der Waals surface area (Å²) in [5.74, 6) is -1.06. The second kappa shape index (κ2) is 8.11. The van der Waals surface area contributed by atoms with E-state index in [9.17, 15) is 14.4 Å². The fraction of sp³-hybridized carbons (Fsp3) is 0.333. The maximum absolute atomic E-state index is 13.1. The number of imide groups is 1. The van der Waals surface area contributed by atoms with E-state index in [1.165, 1.54) is 10.5 Å². The summed E-state index contributed by atoms with van der Waals surface area (Å²) in [6.45, 7) is 3.18. The Morgan fingerprint density at radius 3 is 2.69 bits per heavy atom. The molecular formula is C24H24N4O3S. The second-order valence-corrected chi connectivity index (χ2v) is 9.59. The Morgan fingerprint density at radius 2 is 1.94 bits per heavy atom. The van der Waals surface area contributed by atoms with Gasteiger partial charge in [0.05, 0.1) is 34.3 Å². The van der Waals surface area contributed by atoms with Crippen LogP contribution in [0.4, 0.5) is 5.69 Å². The number of thiazole rings is 1. The molecule has 3 heterocycles. The molecule has 2 aromatic carbocycles. The molecule has 0 bridgehead atoms. The van der Waals surface area contributed by atoms with Gasteiger partial charge in [-0.25, -0.2) is 9.88 Å². The van der Waals surface area contributed by atoms with Gasteiger partial charge in [0.2, 0.25) is 11.8 Å². The third kappa shape index (κ3) is 3.69. The first-order chi connectivity index (χ1) is 15.4. The van der Waals surface area contributed by atoms with Crippen molar-refractivity contribution in [2.45, 2.75) is 32.2 Å². The van der Waals surface area contributed by atoms with Crippen LogP contribution in [0, 0.1) is 12.8 Å². The normalized spacial score (nSPS) is 22.1. The van der Waals surface area contributed by atoms with E-state index in [4.69, 9.17) is 10.7 Å². The highest BCUT2D eigenvalue weighted by molar-refractivity contribution is 7.21. The van der Waals surface area contributed by atoms with Crippen LogP contribution in [0.25, 0.3) is 20.8 Å². The van der Waals surface area contributed by atoms with Crippen LogP contribution >= 0.6 is 11.3 Å². The van der Waals surface area contributed by atoms with Gasteiger partial charge in [0.1, 0.15) is 5.01 Å². The molecule has 2 atom stereocenters. The number of carbonyl (C=O) groups is 3. The van der Waals surface area contributed by atoms with Crippen LogP contribution < -0.4 is 10.6 Å². The number of fused-ring (bicyclic) bond motifs is 1. The molecule has 2 saturated heterocycles. The van der Waals surface area contributed by atoms with Crippen molar-refractivity contribution in [3.63, 3.8) is 0 Å². The van der Waals surface area contributed by atoms with Gasteiger partial charge in [-0.3, -0.25) is 19.3 Å². The predicted molar refractivity (Wildman–Crippen MR) is 124 cm³/mol. The number of rotatable bonds is 4. The molecule has 5 rings (SSSR count). The number of nitrogens with zero attached hydrogens (tertiary/aromatic N) is 3. The number of piperidine rings is 1. The van der Waals surface area contributed by atoms with E-state index in [1.54, 1.807) is 23.5 Å². The number of likely N-dealkylation sites (tertiary alicyclic amines) is 1. The summed E-state index contributed by atoms with van der Waals surface area (Å²) in [7, 11) is 0. The molecule has 3 aromatic rings. The third-order valence-electron chi connectivity index (χ3n) is 6.34. The van der Waals surface area contributed by atoms with Gasteiger partial charge in [0.15, 0.2) is 0 Å². The summed E-state index contributed by atoms with van der Waals surface area (Å²) in [5.41, 5.74) is 9.14. The first-order valence-corrected chi connectivity index (χ1v) is 11.6. The lowest BCUT2D eigenvalue weighted by Gasteiger charge is -2.34. The van der Waals surface area contributed by atoms with Gasteiger partial charge >= 0.3 is 0 Å². The quantitative estimate of drug-likeness (QED) is 0.619. The van der Waals surface area contributed by atoms with Crippen molar-refractivity contribution in [2.75, 3.05) is 18.0 Å². The highest BCUT2D eigenvalue weighted by Crippen LogP contribution is 2.33. The number of anilines is 1. The first-order valence-electron chi connectivity index (χ1n) is 10.8. The lowest BCUT2D eigenvalue weighted by Crippen LogP contribution is -2.49. The number of carbonyl (C=O) groups excluding carboxylic acids is 3. The molecule has 164 valence electrons. The Hall–Kier alpha value is -3.10. The van der Waals surface area contributed by atoms with Crippen LogP contribution in [0.2, 0.25) is 0 Å². The fourth-order valence-electron chi connectivity index (χ4n) is 4.60. The van der Waals surface area contributed by atoms with Crippen LogP contribution in [-0.2, 0) is 14.4 Å². The van der Waals surface area contributed by atoms with Gasteiger partial charge in [-0.2, -0.15) is 0 Å². The maximum atomic E-state index is 13.1. The van der Waals surface area contributed by atoms with Crippen molar-refractivity contribution in [1.29, 1.82) is 0 Å². The molecule has 7 nitrogen and oxygen atoms in total. The minimum atomic E-state index is -0.531. The lowest BCUT2D eigenvalue weighted by molar-refractivity contribution is -0.127. The molecule has 0 radical (unpaired) electrons. The molecule has 0 aliphatic carbocycles. The molecule has 2 aliphatic heterocycles. The largest absolute Gasteiger partial charge is 0.369 e. The van der Waals surface area contributed by atoms with Crippen molar-refractivity contribution in [1.82, 2.24) is 9.88 Å². The monoisotopic (exact) mass is 448 g/mol. The van der Waals surface area contributed by atoms with Gasteiger partial charge in [-0.1, -0.05) is 6.07 Å². The van der Waals surface area contributed by atoms with E-state index in [0.717, 1.165) is 33.6 Å². The molecule has 1 aromatic heterocycles. The average molecular weight is 449 g/mol. The summed E-state index contributed by atoms with van der Waals surface area (Å²) < 4.78 is 1.13. The average Bonchev–Trinajstić information content (AvgIpc) is 3.34. The number of hydrogen-bond acceptors (Lipinski definition) is 6. The Labute approximate surface area is 189 Å². The Kier molecular flexibility index (Phi) is 5.27. The minimum absolute atomic E-state index is 0.128. The van der Waals surface area contributed by atoms with Crippen LogP contribution in [0.3, 0.4) is 0 Å². The molecule has 0 spiro atoms. The Morgan fingerprint density at radius 1 is 1.16 bits per heavy atom. The van der Waals surface area contributed by atoms with E-state index in [1.807, 2.05) is 29.2 Å². The summed E-state index contributed by atoms with van der Waals surface area (Å²) >= 11 is 1.62. The zero-order chi connectivity index (χ0) is 22.4. The molecule has 8 heteroatoms. The Bertz CT molecular complexity index is 1220. The van der Waals surface area contributed by atoms with E-state index in [-0.39, 0.29) is 30.1 Å². The molecule has 2 fully saturated rings. The van der Waals surface area contributed by atoms with E-state index >= 15 is 0 Å². The SMILES string of the molecule is Cc1ccc2nc(-c3ccc(N4C(=O)C[C@H](N5CCC[C@H](C(N)=O)C5)C4=O)cc3)sc2c1. The maximum Gasteiger partial charge on any atom is 0.251 e. The standard InChI is InChI=1S/C24H24N4O3S/c1-14-4-9-18-20(11-14)32-23(26-18)15-5-7-17(8-6-15)28-21(29)12-19(24(28)31)27-10-2-3-16(13-27)22(25)30/h4-9,11,16,19H,2-3,10,12-13H2,1H3,(H2,25,30)/t16-,19-/m0/s1. The topological polar surface area (TPSA) is 96.6 Å². The number of hydrogen-bond donors (Lipinski definition) is 1. The highest BCUT2D eigenvalue weighted by Gasteiger charge is 2.44. The van der Waals surface area contributed by atoms with Crippen LogP contribution in [0.15, 0.2) is 42.5 Å². The number of aromatic nitrogens is 1. The lowest BCUT2D eigenvalue weighted by atomic mass is 9.96. The number of amides is 3. The number of aryl methyl sites for hydroxylation is 1. The van der Waals surface area contributed by atoms with Crippen molar-refractivity contribution >= 4 is 45.0 Å². The van der Waals surface area contributed by atoms with Gasteiger partial charge in [-0.15, -0.1) is 11.3 Å². The molecule has 0 saturated carbocycles. The van der Waals surface area contributed by atoms with Crippen LogP contribution in [0.1, 0.15) is 24.8 Å². The fourth-order valence-corrected chi connectivity index (χ4v) is 5.67. The summed E-state index contributed by atoms with van der Waals surface area (Å²) in [6, 6.07) is 13.1. The van der Waals surface area contributed by atoms with Crippen molar-refractivity contribution in [2.24, 2.45) is 11.7 Å². The number of benzene rings is 2. The van der Waals surface area contributed by atoms with Gasteiger partial charge < -0.3 is 5.73 Å². The van der Waals surface area contributed by atoms with Crippen molar-refractivity contribution < 1.29 is 14.4 Å². The first kappa shape index (κ1) is 20.8. The smallest absolute Gasteiger partial charge is 0.251 e. The van der Waals surface area contributed by atoms with Gasteiger partial charge in [0, 0.05) is 12.1 Å².